The Morgan fingerprint density at radius 2 is 2.36 bits per heavy atom. The summed E-state index contributed by atoms with van der Waals surface area (Å²) < 4.78 is 4.41. The molecule has 1 rings (SSSR count). The molecule has 64 valence electrons. The summed E-state index contributed by atoms with van der Waals surface area (Å²) in [6, 6.07) is 0. The minimum Gasteiger partial charge on any atom is -0.323 e. The summed E-state index contributed by atoms with van der Waals surface area (Å²) in [5.41, 5.74) is 0. The van der Waals surface area contributed by atoms with E-state index in [1.54, 1.807) is 0 Å². The molecule has 0 unspecified atom stereocenters. The van der Waals surface area contributed by atoms with Crippen molar-refractivity contribution in [3.8, 4) is 0 Å². The molecule has 8 heteroatoms. The van der Waals surface area contributed by atoms with E-state index in [1.807, 2.05) is 0 Å². The molecule has 0 radical (unpaired) electrons. The molecule has 1 saturated heterocycles. The van der Waals surface area contributed by atoms with Gasteiger partial charge in [-0.3, -0.25) is 4.79 Å². The maximum atomic E-state index is 10.8. The van der Waals surface area contributed by atoms with Crippen LogP contribution in [0.15, 0.2) is 0 Å². The second kappa shape index (κ2) is 3.38. The highest BCUT2D eigenvalue weighted by molar-refractivity contribution is 8.13. The highest BCUT2D eigenvalue weighted by atomic mass is 32.5. The van der Waals surface area contributed by atoms with E-state index in [1.165, 1.54) is 0 Å². The zero-order valence-electron chi connectivity index (χ0n) is 5.34. The Labute approximate surface area is 72.5 Å². The molecular weight excluding hydrogens is 209 g/mol. The minimum atomic E-state index is -3.73. The van der Waals surface area contributed by atoms with E-state index in [9.17, 15) is 4.79 Å². The van der Waals surface area contributed by atoms with Gasteiger partial charge in [0.2, 0.25) is 0 Å². The smallest absolute Gasteiger partial charge is 0.323 e. The van der Waals surface area contributed by atoms with Crippen LogP contribution in [0.4, 0.5) is 4.79 Å². The van der Waals surface area contributed by atoms with Crippen LogP contribution in [0.2, 0.25) is 0 Å². The molecule has 0 aromatic rings. The first-order valence-electron chi connectivity index (χ1n) is 2.68. The normalized spacial score (nSPS) is 19.5. The van der Waals surface area contributed by atoms with E-state index in [4.69, 9.17) is 9.79 Å². The SMILES string of the molecule is O=C1SCCN1OP(O)(O)=S. The van der Waals surface area contributed by atoms with Gasteiger partial charge in [0.15, 0.2) is 0 Å². The number of hydroxylamine groups is 2. The number of carbonyl (C=O) groups excluding carboxylic acids is 1. The minimum absolute atomic E-state index is 0.331. The zero-order chi connectivity index (χ0) is 8.48. The topological polar surface area (TPSA) is 70.0 Å². The second-order valence-corrected chi connectivity index (χ2v) is 5.41. The monoisotopic (exact) mass is 215 g/mol. The van der Waals surface area contributed by atoms with Crippen LogP contribution in [0.25, 0.3) is 0 Å². The van der Waals surface area contributed by atoms with Crippen molar-refractivity contribution in [3.05, 3.63) is 0 Å². The van der Waals surface area contributed by atoms with Crippen LogP contribution in [0, 0.1) is 0 Å². The molecule has 0 aliphatic carbocycles. The van der Waals surface area contributed by atoms with E-state index in [2.05, 4.69) is 16.4 Å². The second-order valence-electron chi connectivity index (χ2n) is 1.79. The van der Waals surface area contributed by atoms with Crippen LogP contribution in [-0.4, -0.2) is 32.4 Å². The third-order valence-electron chi connectivity index (χ3n) is 0.928. The Bertz CT molecular complexity index is 215. The summed E-state index contributed by atoms with van der Waals surface area (Å²) in [5.74, 6) is 0.591. The predicted molar refractivity (Wildman–Crippen MR) is 44.4 cm³/mol. The first kappa shape index (κ1) is 9.44. The molecule has 1 aliphatic rings. The number of carbonyl (C=O) groups is 1. The molecule has 0 spiro atoms. The number of hydrogen-bond donors (Lipinski definition) is 2. The van der Waals surface area contributed by atoms with Gasteiger partial charge in [0, 0.05) is 5.75 Å². The highest BCUT2D eigenvalue weighted by Gasteiger charge is 2.26. The number of hydrogen-bond acceptors (Lipinski definition) is 4. The summed E-state index contributed by atoms with van der Waals surface area (Å²) in [6.45, 7) is -3.38. The van der Waals surface area contributed by atoms with Crippen LogP contribution < -0.4 is 0 Å². The molecule has 1 aliphatic heterocycles. The molecule has 1 heterocycles. The van der Waals surface area contributed by atoms with Crippen molar-refractivity contribution in [2.24, 2.45) is 0 Å². The molecule has 0 bridgehead atoms. The van der Waals surface area contributed by atoms with Gasteiger partial charge in [0.1, 0.15) is 0 Å². The Hall–Kier alpha value is 0.350. The quantitative estimate of drug-likeness (QED) is 0.645. The Kier molecular flexibility index (Phi) is 2.90. The van der Waals surface area contributed by atoms with Gasteiger partial charge in [-0.05, 0) is 11.8 Å². The van der Waals surface area contributed by atoms with Crippen LogP contribution >= 0.6 is 18.5 Å². The third kappa shape index (κ3) is 3.06. The van der Waals surface area contributed by atoms with Gasteiger partial charge >= 0.3 is 12.0 Å². The van der Waals surface area contributed by atoms with Gasteiger partial charge in [0.05, 0.1) is 6.54 Å². The van der Waals surface area contributed by atoms with Crippen molar-refractivity contribution in [3.63, 3.8) is 0 Å². The summed E-state index contributed by atoms with van der Waals surface area (Å²) in [7, 11) is 0. The largest absolute Gasteiger partial charge is 0.344 e. The van der Waals surface area contributed by atoms with Crippen molar-refractivity contribution in [1.29, 1.82) is 0 Å². The predicted octanol–water partition coefficient (Wildman–Crippen LogP) is 0.296. The molecule has 2 N–H and O–H groups in total. The fraction of sp³-hybridized carbons (Fsp3) is 0.667. The van der Waals surface area contributed by atoms with Crippen LogP contribution in [0.5, 0.6) is 0 Å². The molecular formula is C3H6NO4PS2. The number of rotatable bonds is 2. The van der Waals surface area contributed by atoms with E-state index in [-0.39, 0.29) is 5.24 Å². The van der Waals surface area contributed by atoms with Crippen molar-refractivity contribution < 1.29 is 19.2 Å². The van der Waals surface area contributed by atoms with Crippen LogP contribution in [0.1, 0.15) is 0 Å². The van der Waals surface area contributed by atoms with E-state index in [0.717, 1.165) is 16.8 Å². The van der Waals surface area contributed by atoms with E-state index < -0.39 is 6.72 Å². The molecule has 1 fully saturated rings. The van der Waals surface area contributed by atoms with Gasteiger partial charge in [-0.15, -0.1) is 0 Å². The maximum Gasteiger partial charge on any atom is 0.344 e. The molecule has 11 heavy (non-hydrogen) atoms. The third-order valence-corrected chi connectivity index (χ3v) is 2.38. The first-order valence-corrected chi connectivity index (χ1v) is 6.30. The average Bonchev–Trinajstić information content (AvgIpc) is 2.12. The van der Waals surface area contributed by atoms with Gasteiger partial charge in [-0.2, -0.15) is 4.62 Å². The molecule has 0 aromatic carbocycles. The fourth-order valence-electron chi connectivity index (χ4n) is 0.582. The summed E-state index contributed by atoms with van der Waals surface area (Å²) in [5, 5.41) is 0.549. The van der Waals surface area contributed by atoms with Gasteiger partial charge in [0.25, 0.3) is 0 Å². The molecule has 0 atom stereocenters. The average molecular weight is 215 g/mol. The standard InChI is InChI=1S/C3H6NO4PS2/c5-3-4(1-2-11-3)8-9(6,7)10/h1-2H2,(H2,6,7,10). The van der Waals surface area contributed by atoms with Gasteiger partial charge < -0.3 is 9.79 Å². The summed E-state index contributed by atoms with van der Waals surface area (Å²) in [4.78, 5) is 28.1. The van der Waals surface area contributed by atoms with E-state index >= 15 is 0 Å². The Balaban J connectivity index is 2.50. The lowest BCUT2D eigenvalue weighted by Gasteiger charge is -2.15. The lowest BCUT2D eigenvalue weighted by atomic mass is 10.8. The van der Waals surface area contributed by atoms with Crippen molar-refractivity contribution in [1.82, 2.24) is 5.06 Å². The highest BCUT2D eigenvalue weighted by Crippen LogP contribution is 2.39. The number of thioether (sulfide) groups is 1. The first-order chi connectivity index (χ1) is 4.99. The Morgan fingerprint density at radius 3 is 2.73 bits per heavy atom. The van der Waals surface area contributed by atoms with Gasteiger partial charge in [-0.1, -0.05) is 11.8 Å². The lowest BCUT2D eigenvalue weighted by molar-refractivity contribution is -0.00385. The molecule has 5 nitrogen and oxygen atoms in total. The summed E-state index contributed by atoms with van der Waals surface area (Å²) in [6.07, 6.45) is 0. The van der Waals surface area contributed by atoms with Crippen molar-refractivity contribution in [2.45, 2.75) is 0 Å². The number of amides is 1. The lowest BCUT2D eigenvalue weighted by Crippen LogP contribution is -2.21. The summed E-state index contributed by atoms with van der Waals surface area (Å²) >= 11 is 5.23. The molecule has 1 amide bonds. The van der Waals surface area contributed by atoms with Crippen molar-refractivity contribution in [2.75, 3.05) is 12.3 Å². The van der Waals surface area contributed by atoms with Gasteiger partial charge in [-0.25, -0.2) is 5.06 Å². The Morgan fingerprint density at radius 1 is 1.73 bits per heavy atom. The van der Waals surface area contributed by atoms with E-state index in [0.29, 0.717) is 12.3 Å². The zero-order valence-corrected chi connectivity index (χ0v) is 7.86. The van der Waals surface area contributed by atoms with Crippen LogP contribution in [0.3, 0.4) is 0 Å². The molecule has 0 aromatic heterocycles. The van der Waals surface area contributed by atoms with Crippen LogP contribution in [-0.2, 0) is 16.4 Å². The fourth-order valence-corrected chi connectivity index (χ4v) is 2.00. The maximum absolute atomic E-state index is 10.8. The number of nitrogens with zero attached hydrogens (tertiary/aromatic N) is 1. The van der Waals surface area contributed by atoms with Crippen molar-refractivity contribution >= 4 is 35.5 Å². The molecule has 0 saturated carbocycles.